The van der Waals surface area contributed by atoms with Gasteiger partial charge in [-0.3, -0.25) is 14.9 Å². The highest BCUT2D eigenvalue weighted by molar-refractivity contribution is 6.03. The first-order valence-corrected chi connectivity index (χ1v) is 21.9. The van der Waals surface area contributed by atoms with Crippen molar-refractivity contribution in [3.8, 4) is 28.7 Å². The van der Waals surface area contributed by atoms with Crippen LogP contribution in [-0.4, -0.2) is 83.9 Å². The number of oxime groups is 1. The number of nitro benzene ring substituents is 1. The van der Waals surface area contributed by atoms with E-state index in [0.29, 0.717) is 53.4 Å². The van der Waals surface area contributed by atoms with Gasteiger partial charge in [0.25, 0.3) is 5.69 Å². The van der Waals surface area contributed by atoms with Gasteiger partial charge in [-0.05, 0) is 97.2 Å². The van der Waals surface area contributed by atoms with Gasteiger partial charge in [-0.15, -0.1) is 6.58 Å². The molecule has 0 radical (unpaired) electrons. The first-order valence-electron chi connectivity index (χ1n) is 21.9. The fraction of sp³-hybridized carbons (Fsp3) is 0.380. The second-order valence-electron chi connectivity index (χ2n) is 16.4. The topological polar surface area (TPSA) is 189 Å². The SMILES string of the molecule is C=CCOC12Oc3ccc(Oc4ccc(OC)c(C=O)c4)cc3C3C(CCCCO)C(CCCCO)C=C(C(=NOCc4ccccc4)CC1N(C)C(=O)Oc1ccc([N+](=O)[O-])cc1)C32. The van der Waals surface area contributed by atoms with Crippen LogP contribution in [0.25, 0.3) is 0 Å². The molecule has 1 fully saturated rings. The third-order valence-electron chi connectivity index (χ3n) is 12.5. The number of allylic oxidation sites excluding steroid dienone is 1. The number of methoxy groups -OCH3 is 1. The molecule has 1 heterocycles. The highest BCUT2D eigenvalue weighted by Crippen LogP contribution is 2.62. The van der Waals surface area contributed by atoms with Gasteiger partial charge in [0.1, 0.15) is 41.4 Å². The maximum absolute atomic E-state index is 14.3. The number of carbonyl (C=O) groups is 2. The predicted octanol–water partition coefficient (Wildman–Crippen LogP) is 9.17. The number of aldehydes is 1. The van der Waals surface area contributed by atoms with Crippen molar-refractivity contribution in [3.63, 3.8) is 0 Å². The molecule has 342 valence electrons. The zero-order chi connectivity index (χ0) is 45.9. The highest BCUT2D eigenvalue weighted by Gasteiger charge is 2.65. The van der Waals surface area contributed by atoms with E-state index in [1.54, 1.807) is 37.4 Å². The Kier molecular flexibility index (Phi) is 15.3. The van der Waals surface area contributed by atoms with E-state index < -0.39 is 28.8 Å². The van der Waals surface area contributed by atoms with Crippen LogP contribution in [0.15, 0.2) is 120 Å². The number of nitro groups is 1. The van der Waals surface area contributed by atoms with Crippen molar-refractivity contribution in [3.05, 3.63) is 142 Å². The van der Waals surface area contributed by atoms with E-state index in [-0.39, 0.29) is 62.0 Å². The van der Waals surface area contributed by atoms with Gasteiger partial charge in [-0.2, -0.15) is 0 Å². The van der Waals surface area contributed by atoms with Gasteiger partial charge in [0.15, 0.2) is 6.29 Å². The standard InChI is InChI=1S/C50H55N3O12/c1-4-26-61-50-46(52(2)49(57)64-37-18-16-36(17-19-37)53(58)59)30-43(51-62-32-33-12-6-5-7-13-33)41-28-34(14-8-10-24-54)40(15-9-11-25-55)47(48(41)50)42-29-39(21-23-45(42)65-50)63-38-20-22-44(60-3)35(27-38)31-56/h4-7,12-13,16-23,27-29,31,34,40,46-48,54-55H,1,8-11,14-15,24-26,30,32H2,2-3H3. The molecule has 65 heavy (non-hydrogen) atoms. The van der Waals surface area contributed by atoms with Crippen LogP contribution in [0.3, 0.4) is 0 Å². The van der Waals surface area contributed by atoms with Crippen molar-refractivity contribution < 1.29 is 53.2 Å². The minimum atomic E-state index is -1.55. The largest absolute Gasteiger partial charge is 0.496 e. The van der Waals surface area contributed by atoms with Crippen LogP contribution in [0.5, 0.6) is 28.7 Å². The number of aliphatic hydroxyl groups excluding tert-OH is 2. The number of aliphatic hydroxyl groups is 2. The van der Waals surface area contributed by atoms with Crippen molar-refractivity contribution in [2.24, 2.45) is 22.9 Å². The number of unbranched alkanes of at least 4 members (excludes halogenated alkanes) is 2. The molecular formula is C50H55N3O12. The lowest BCUT2D eigenvalue weighted by molar-refractivity contribution is -0.384. The average Bonchev–Trinajstić information content (AvgIpc) is 3.32. The Bertz CT molecular complexity index is 2370. The number of benzene rings is 4. The van der Waals surface area contributed by atoms with Gasteiger partial charge >= 0.3 is 6.09 Å². The van der Waals surface area contributed by atoms with E-state index >= 15 is 0 Å². The van der Waals surface area contributed by atoms with E-state index in [9.17, 15) is 29.9 Å². The summed E-state index contributed by atoms with van der Waals surface area (Å²) in [6.07, 6.45) is 8.12. The second kappa shape index (κ2) is 21.4. The smallest absolute Gasteiger partial charge is 0.415 e. The zero-order valence-corrected chi connectivity index (χ0v) is 36.6. The predicted molar refractivity (Wildman–Crippen MR) is 242 cm³/mol. The summed E-state index contributed by atoms with van der Waals surface area (Å²) in [7, 11) is 3.09. The fourth-order valence-corrected chi connectivity index (χ4v) is 9.49. The molecule has 0 spiro atoms. The van der Waals surface area contributed by atoms with Gasteiger partial charge in [0.2, 0.25) is 5.79 Å². The summed E-state index contributed by atoms with van der Waals surface area (Å²) in [6, 6.07) is 24.6. The molecular weight excluding hydrogens is 835 g/mol. The summed E-state index contributed by atoms with van der Waals surface area (Å²) < 4.78 is 31.8. The average molecular weight is 890 g/mol. The minimum absolute atomic E-state index is 0.0124. The first-order chi connectivity index (χ1) is 31.6. The van der Waals surface area contributed by atoms with Crippen molar-refractivity contribution >= 4 is 23.8 Å². The Morgan fingerprint density at radius 3 is 2.37 bits per heavy atom. The first kappa shape index (κ1) is 46.4. The number of hydrogen-bond donors (Lipinski definition) is 2. The van der Waals surface area contributed by atoms with Gasteiger partial charge in [0.05, 0.1) is 35.8 Å². The number of carbonyl (C=O) groups excluding carboxylic acids is 2. The third-order valence-corrected chi connectivity index (χ3v) is 12.5. The molecule has 15 nitrogen and oxygen atoms in total. The quantitative estimate of drug-likeness (QED) is 0.0266. The van der Waals surface area contributed by atoms with Crippen molar-refractivity contribution in [1.82, 2.24) is 4.90 Å². The number of non-ortho nitro benzene ring substituents is 1. The Balaban J connectivity index is 1.39. The maximum atomic E-state index is 14.3. The van der Waals surface area contributed by atoms with E-state index in [1.165, 1.54) is 36.3 Å². The van der Waals surface area contributed by atoms with Crippen molar-refractivity contribution in [1.29, 1.82) is 0 Å². The molecule has 4 aromatic rings. The molecule has 0 bridgehead atoms. The maximum Gasteiger partial charge on any atom is 0.415 e. The summed E-state index contributed by atoms with van der Waals surface area (Å²) in [5.41, 5.74) is 3.37. The lowest BCUT2D eigenvalue weighted by Crippen LogP contribution is -2.69. The molecule has 4 aromatic carbocycles. The van der Waals surface area contributed by atoms with Crippen LogP contribution >= 0.6 is 0 Å². The van der Waals surface area contributed by atoms with Crippen molar-refractivity contribution in [2.75, 3.05) is 34.0 Å². The molecule has 2 aliphatic carbocycles. The molecule has 1 saturated carbocycles. The number of nitrogens with zero attached hydrogens (tertiary/aromatic N) is 3. The molecule has 3 aliphatic rings. The number of hydrogen-bond acceptors (Lipinski definition) is 13. The van der Waals surface area contributed by atoms with Crippen LogP contribution in [0.1, 0.15) is 72.3 Å². The monoisotopic (exact) mass is 889 g/mol. The number of amides is 1. The van der Waals surface area contributed by atoms with Crippen LogP contribution in [0, 0.1) is 27.9 Å². The molecule has 6 atom stereocenters. The Labute approximate surface area is 378 Å². The summed E-state index contributed by atoms with van der Waals surface area (Å²) >= 11 is 0. The summed E-state index contributed by atoms with van der Waals surface area (Å²) in [6.45, 7) is 4.30. The van der Waals surface area contributed by atoms with Crippen molar-refractivity contribution in [2.45, 2.75) is 69.3 Å². The molecule has 7 rings (SSSR count). The molecule has 1 amide bonds. The summed E-state index contributed by atoms with van der Waals surface area (Å²) in [5.74, 6) is -0.610. The summed E-state index contributed by atoms with van der Waals surface area (Å²) in [5, 5.41) is 36.1. The molecule has 0 aromatic heterocycles. The number of rotatable bonds is 21. The van der Waals surface area contributed by atoms with Gasteiger partial charge in [-0.25, -0.2) is 4.79 Å². The van der Waals surface area contributed by atoms with Gasteiger partial charge in [0, 0.05) is 50.3 Å². The minimum Gasteiger partial charge on any atom is -0.496 e. The second-order valence-corrected chi connectivity index (χ2v) is 16.4. The van der Waals surface area contributed by atoms with E-state index in [4.69, 9.17) is 33.7 Å². The van der Waals surface area contributed by atoms with Crippen LogP contribution in [0.2, 0.25) is 0 Å². The normalized spacial score (nSPS) is 22.3. The number of ether oxygens (including phenoxy) is 5. The highest BCUT2D eigenvalue weighted by atomic mass is 16.7. The van der Waals surface area contributed by atoms with E-state index in [1.807, 2.05) is 42.5 Å². The van der Waals surface area contributed by atoms with Crippen LogP contribution < -0.4 is 18.9 Å². The van der Waals surface area contributed by atoms with Gasteiger partial charge < -0.3 is 43.6 Å². The Morgan fingerprint density at radius 1 is 0.969 bits per heavy atom. The third kappa shape index (κ3) is 10.2. The van der Waals surface area contributed by atoms with Crippen LogP contribution in [0.4, 0.5) is 10.5 Å². The van der Waals surface area contributed by atoms with Gasteiger partial charge in [-0.1, -0.05) is 60.5 Å². The lowest BCUT2D eigenvalue weighted by atomic mass is 9.55. The molecule has 0 saturated heterocycles. The van der Waals surface area contributed by atoms with E-state index in [0.717, 1.165) is 42.4 Å². The zero-order valence-electron chi connectivity index (χ0n) is 36.6. The molecule has 2 N–H and O–H groups in total. The van der Waals surface area contributed by atoms with E-state index in [2.05, 4.69) is 12.7 Å². The molecule has 15 heteroatoms. The Morgan fingerprint density at radius 2 is 1.68 bits per heavy atom. The molecule has 6 unspecified atom stereocenters. The fourth-order valence-electron chi connectivity index (χ4n) is 9.49. The summed E-state index contributed by atoms with van der Waals surface area (Å²) in [4.78, 5) is 44.7. The van der Waals surface area contributed by atoms with Crippen LogP contribution in [-0.2, 0) is 16.2 Å². The lowest BCUT2D eigenvalue weighted by Gasteiger charge is -2.59. The number of likely N-dealkylation sites (N-methyl/N-ethyl adjacent to an activating group) is 1. The number of fused-ring (bicyclic) bond motifs is 2. The molecule has 1 aliphatic heterocycles. The Hall–Kier alpha value is -6.55.